The van der Waals surface area contributed by atoms with E-state index >= 15 is 0 Å². The van der Waals surface area contributed by atoms with Gasteiger partial charge in [0.2, 0.25) is 9.84 Å². The Bertz CT molecular complexity index is 563. The molecule has 88 valence electrons. The molecule has 0 spiro atoms. The zero-order valence-corrected chi connectivity index (χ0v) is 10.5. The Balaban J connectivity index is 2.76. The standard InChI is InChI=1S/C14H14O2S/c1-3-4-5-6-7-12-17(15,16)14-10-8-13(2)9-11-14/h1,8-11H,4-6H2,2H3. The van der Waals surface area contributed by atoms with Crippen molar-refractivity contribution in [2.75, 3.05) is 0 Å². The Hall–Kier alpha value is -1.71. The summed E-state index contributed by atoms with van der Waals surface area (Å²) in [5, 5.41) is 2.31. The minimum Gasteiger partial charge on any atom is -0.210 e. The van der Waals surface area contributed by atoms with Gasteiger partial charge < -0.3 is 0 Å². The summed E-state index contributed by atoms with van der Waals surface area (Å²) in [5.41, 5.74) is 1.02. The van der Waals surface area contributed by atoms with Gasteiger partial charge in [0.15, 0.2) is 0 Å². The predicted molar refractivity (Wildman–Crippen MR) is 68.8 cm³/mol. The molecule has 0 aliphatic rings. The van der Waals surface area contributed by atoms with Crippen LogP contribution in [0.1, 0.15) is 24.8 Å². The Morgan fingerprint density at radius 3 is 2.41 bits per heavy atom. The third-order valence-corrected chi connectivity index (χ3v) is 3.47. The maximum Gasteiger partial charge on any atom is 0.245 e. The highest BCUT2D eigenvalue weighted by molar-refractivity contribution is 7.96. The molecule has 0 aliphatic heterocycles. The van der Waals surface area contributed by atoms with Gasteiger partial charge in [0.25, 0.3) is 0 Å². The molecule has 1 rings (SSSR count). The van der Waals surface area contributed by atoms with Crippen molar-refractivity contribution in [2.45, 2.75) is 31.1 Å². The molecule has 3 heteroatoms. The molecule has 0 N–H and O–H groups in total. The summed E-state index contributed by atoms with van der Waals surface area (Å²) in [7, 11) is -3.48. The van der Waals surface area contributed by atoms with E-state index in [2.05, 4.69) is 17.1 Å². The summed E-state index contributed by atoms with van der Waals surface area (Å²) < 4.78 is 23.5. The van der Waals surface area contributed by atoms with Gasteiger partial charge in [0, 0.05) is 18.1 Å². The topological polar surface area (TPSA) is 34.1 Å². The van der Waals surface area contributed by atoms with Gasteiger partial charge in [0.05, 0.1) is 4.90 Å². The van der Waals surface area contributed by atoms with Crippen molar-refractivity contribution in [2.24, 2.45) is 0 Å². The largest absolute Gasteiger partial charge is 0.245 e. The highest BCUT2D eigenvalue weighted by Gasteiger charge is 2.09. The van der Waals surface area contributed by atoms with Crippen molar-refractivity contribution in [1.82, 2.24) is 0 Å². The van der Waals surface area contributed by atoms with Crippen molar-refractivity contribution in [3.05, 3.63) is 29.8 Å². The first kappa shape index (κ1) is 13.4. The molecule has 0 bridgehead atoms. The van der Waals surface area contributed by atoms with Crippen LogP contribution in [0.25, 0.3) is 0 Å². The minimum absolute atomic E-state index is 0.243. The Morgan fingerprint density at radius 1 is 1.18 bits per heavy atom. The third-order valence-electron chi connectivity index (χ3n) is 2.16. The smallest absolute Gasteiger partial charge is 0.210 e. The Morgan fingerprint density at radius 2 is 1.82 bits per heavy atom. The van der Waals surface area contributed by atoms with Crippen molar-refractivity contribution in [3.63, 3.8) is 0 Å². The monoisotopic (exact) mass is 246 g/mol. The average molecular weight is 246 g/mol. The number of unbranched alkanes of at least 4 members (excludes halogenated alkanes) is 2. The van der Waals surface area contributed by atoms with Gasteiger partial charge in [-0.05, 0) is 25.5 Å². The van der Waals surface area contributed by atoms with Gasteiger partial charge in [-0.1, -0.05) is 23.6 Å². The van der Waals surface area contributed by atoms with Crippen molar-refractivity contribution in [3.8, 4) is 23.5 Å². The second-order valence-corrected chi connectivity index (χ2v) is 5.34. The summed E-state index contributed by atoms with van der Waals surface area (Å²) in [6.07, 6.45) is 6.95. The van der Waals surface area contributed by atoms with Gasteiger partial charge in [-0.25, -0.2) is 8.42 Å². The normalized spacial score (nSPS) is 10.1. The SMILES string of the molecule is C#CCCCC#CS(=O)(=O)c1ccc(C)cc1. The molecule has 0 atom stereocenters. The summed E-state index contributed by atoms with van der Waals surface area (Å²) in [6, 6.07) is 6.65. The average Bonchev–Trinajstić information content (AvgIpc) is 2.29. The van der Waals surface area contributed by atoms with Crippen molar-refractivity contribution in [1.29, 1.82) is 0 Å². The van der Waals surface area contributed by atoms with Crippen LogP contribution < -0.4 is 0 Å². The van der Waals surface area contributed by atoms with Crippen LogP contribution in [0.4, 0.5) is 0 Å². The predicted octanol–water partition coefficient (Wildman–Crippen LogP) is 2.53. The molecule has 0 aliphatic carbocycles. The fraction of sp³-hybridized carbons (Fsp3) is 0.286. The molecule has 0 saturated carbocycles. The number of sulfone groups is 1. The molecule has 0 heterocycles. The molecular weight excluding hydrogens is 232 g/mol. The Labute approximate surface area is 103 Å². The van der Waals surface area contributed by atoms with Crippen LogP contribution in [-0.4, -0.2) is 8.42 Å². The summed E-state index contributed by atoms with van der Waals surface area (Å²) in [4.78, 5) is 0.243. The molecule has 2 nitrogen and oxygen atoms in total. The first-order valence-electron chi connectivity index (χ1n) is 5.31. The van der Waals surface area contributed by atoms with Crippen molar-refractivity contribution < 1.29 is 8.42 Å². The number of hydrogen-bond donors (Lipinski definition) is 0. The molecule has 0 amide bonds. The van der Waals surface area contributed by atoms with Crippen LogP contribution in [0.5, 0.6) is 0 Å². The molecule has 17 heavy (non-hydrogen) atoms. The van der Waals surface area contributed by atoms with Gasteiger partial charge in [-0.3, -0.25) is 0 Å². The van der Waals surface area contributed by atoms with E-state index in [-0.39, 0.29) is 4.90 Å². The minimum atomic E-state index is -3.48. The van der Waals surface area contributed by atoms with Gasteiger partial charge in [-0.15, -0.1) is 12.3 Å². The zero-order valence-electron chi connectivity index (χ0n) is 9.73. The fourth-order valence-corrected chi connectivity index (χ4v) is 2.11. The van der Waals surface area contributed by atoms with E-state index in [4.69, 9.17) is 6.42 Å². The first-order chi connectivity index (χ1) is 8.06. The van der Waals surface area contributed by atoms with Crippen LogP contribution in [0.2, 0.25) is 0 Å². The molecule has 1 aromatic carbocycles. The quantitative estimate of drug-likeness (QED) is 0.466. The second kappa shape index (κ2) is 6.13. The van der Waals surface area contributed by atoms with Crippen molar-refractivity contribution >= 4 is 9.84 Å². The number of hydrogen-bond acceptors (Lipinski definition) is 2. The van der Waals surface area contributed by atoms with Crippen LogP contribution in [0.15, 0.2) is 29.2 Å². The lowest BCUT2D eigenvalue weighted by molar-refractivity contribution is 0.606. The second-order valence-electron chi connectivity index (χ2n) is 3.65. The van der Waals surface area contributed by atoms with Gasteiger partial charge in [0.1, 0.15) is 0 Å². The van der Waals surface area contributed by atoms with Crippen LogP contribution >= 0.6 is 0 Å². The molecule has 0 aromatic heterocycles. The lowest BCUT2D eigenvalue weighted by Crippen LogP contribution is -1.96. The molecule has 0 unspecified atom stereocenters. The summed E-state index contributed by atoms with van der Waals surface area (Å²) in [5.74, 6) is 5.13. The molecule has 0 saturated heterocycles. The highest BCUT2D eigenvalue weighted by atomic mass is 32.2. The summed E-state index contributed by atoms with van der Waals surface area (Å²) in [6.45, 7) is 1.90. The molecule has 1 aromatic rings. The zero-order chi connectivity index (χ0) is 12.7. The van der Waals surface area contributed by atoms with Crippen LogP contribution in [-0.2, 0) is 9.84 Å². The lowest BCUT2D eigenvalue weighted by Gasteiger charge is -1.97. The van der Waals surface area contributed by atoms with E-state index in [9.17, 15) is 8.42 Å². The fourth-order valence-electron chi connectivity index (χ4n) is 1.20. The summed E-state index contributed by atoms with van der Waals surface area (Å²) >= 11 is 0. The lowest BCUT2D eigenvalue weighted by atomic mass is 10.2. The van der Waals surface area contributed by atoms with E-state index in [0.717, 1.165) is 12.0 Å². The van der Waals surface area contributed by atoms with E-state index in [1.165, 1.54) is 0 Å². The third kappa shape index (κ3) is 4.34. The number of terminal acetylenes is 1. The van der Waals surface area contributed by atoms with E-state index in [0.29, 0.717) is 12.8 Å². The number of rotatable bonds is 3. The number of aryl methyl sites for hydroxylation is 1. The maximum absolute atomic E-state index is 11.8. The van der Waals surface area contributed by atoms with Crippen LogP contribution in [0, 0.1) is 30.4 Å². The van der Waals surface area contributed by atoms with Crippen LogP contribution in [0.3, 0.4) is 0 Å². The van der Waals surface area contributed by atoms with E-state index in [1.807, 2.05) is 6.92 Å². The highest BCUT2D eigenvalue weighted by Crippen LogP contribution is 2.11. The molecule has 0 fully saturated rings. The van der Waals surface area contributed by atoms with E-state index < -0.39 is 9.84 Å². The van der Waals surface area contributed by atoms with E-state index in [1.54, 1.807) is 24.3 Å². The van der Waals surface area contributed by atoms with Gasteiger partial charge >= 0.3 is 0 Å². The number of benzene rings is 1. The molecule has 0 radical (unpaired) electrons. The first-order valence-corrected chi connectivity index (χ1v) is 6.79. The van der Waals surface area contributed by atoms with Gasteiger partial charge in [-0.2, -0.15) is 0 Å². The maximum atomic E-state index is 11.8. The Kier molecular flexibility index (Phi) is 4.82. The molecular formula is C14H14O2S.